The maximum atomic E-state index is 13.4. The van der Waals surface area contributed by atoms with Gasteiger partial charge in [0.25, 0.3) is 5.91 Å². The first-order valence-corrected chi connectivity index (χ1v) is 8.08. The summed E-state index contributed by atoms with van der Waals surface area (Å²) in [7, 11) is 0. The standard InChI is InChI=1S/C19H15FN4O/c20-16-6-1-3-12(23-16)10-24-14-5-2-4-13(14)18-15(24)8-7-11(9-21)17(18)19(22)25/h1,3,6-8H,2,4-5,10H2,(H2,22,25). The second kappa shape index (κ2) is 5.71. The van der Waals surface area contributed by atoms with Gasteiger partial charge in [-0.05, 0) is 49.1 Å². The van der Waals surface area contributed by atoms with E-state index >= 15 is 0 Å². The van der Waals surface area contributed by atoms with Crippen LogP contribution in [-0.4, -0.2) is 15.5 Å². The van der Waals surface area contributed by atoms with E-state index in [1.807, 2.05) is 6.07 Å². The van der Waals surface area contributed by atoms with E-state index in [0.29, 0.717) is 12.2 Å². The van der Waals surface area contributed by atoms with Gasteiger partial charge in [-0.15, -0.1) is 0 Å². The van der Waals surface area contributed by atoms with Crippen LogP contribution in [0.1, 0.15) is 39.3 Å². The molecule has 25 heavy (non-hydrogen) atoms. The molecule has 0 saturated heterocycles. The summed E-state index contributed by atoms with van der Waals surface area (Å²) in [6.07, 6.45) is 2.69. The summed E-state index contributed by atoms with van der Waals surface area (Å²) in [4.78, 5) is 15.9. The van der Waals surface area contributed by atoms with E-state index in [4.69, 9.17) is 5.73 Å². The minimum absolute atomic E-state index is 0.282. The molecule has 1 aliphatic rings. The first kappa shape index (κ1) is 15.3. The highest BCUT2D eigenvalue weighted by Crippen LogP contribution is 2.36. The second-order valence-electron chi connectivity index (χ2n) is 6.17. The number of carbonyl (C=O) groups excluding carboxylic acids is 1. The van der Waals surface area contributed by atoms with E-state index in [2.05, 4.69) is 15.6 Å². The van der Waals surface area contributed by atoms with Gasteiger partial charge in [-0.25, -0.2) is 4.98 Å². The van der Waals surface area contributed by atoms with Crippen molar-refractivity contribution in [3.05, 3.63) is 64.4 Å². The number of amides is 1. The van der Waals surface area contributed by atoms with Gasteiger partial charge in [-0.2, -0.15) is 9.65 Å². The van der Waals surface area contributed by atoms with Crippen molar-refractivity contribution in [2.75, 3.05) is 0 Å². The molecule has 0 radical (unpaired) electrons. The van der Waals surface area contributed by atoms with Crippen molar-refractivity contribution in [3.8, 4) is 6.07 Å². The number of carbonyl (C=O) groups is 1. The number of primary amides is 1. The highest BCUT2D eigenvalue weighted by Gasteiger charge is 2.26. The van der Waals surface area contributed by atoms with E-state index in [1.165, 1.54) is 6.07 Å². The van der Waals surface area contributed by atoms with Gasteiger partial charge in [0.1, 0.15) is 0 Å². The number of hydrogen-bond acceptors (Lipinski definition) is 3. The molecule has 1 aliphatic carbocycles. The normalized spacial score (nSPS) is 13.0. The van der Waals surface area contributed by atoms with E-state index in [9.17, 15) is 14.4 Å². The number of pyridine rings is 1. The van der Waals surface area contributed by atoms with Crippen molar-refractivity contribution >= 4 is 16.8 Å². The number of hydrogen-bond donors (Lipinski definition) is 1. The molecule has 0 bridgehead atoms. The summed E-state index contributed by atoms with van der Waals surface area (Å²) >= 11 is 0. The van der Waals surface area contributed by atoms with Gasteiger partial charge in [0.05, 0.1) is 29.4 Å². The Balaban J connectivity index is 1.99. The minimum Gasteiger partial charge on any atom is -0.366 e. The number of aromatic nitrogens is 2. The van der Waals surface area contributed by atoms with Crippen LogP contribution in [-0.2, 0) is 19.4 Å². The fourth-order valence-electron chi connectivity index (χ4n) is 3.79. The molecule has 4 rings (SSSR count). The SMILES string of the molecule is N#Cc1ccc2c(c3c(n2Cc2cccc(F)n2)CCC3)c1C(N)=O. The van der Waals surface area contributed by atoms with Gasteiger partial charge < -0.3 is 10.3 Å². The summed E-state index contributed by atoms with van der Waals surface area (Å²) in [6.45, 7) is 0.410. The minimum atomic E-state index is -0.599. The molecule has 0 unspecified atom stereocenters. The molecule has 0 saturated carbocycles. The van der Waals surface area contributed by atoms with E-state index in [1.54, 1.807) is 18.2 Å². The van der Waals surface area contributed by atoms with Gasteiger partial charge >= 0.3 is 0 Å². The van der Waals surface area contributed by atoms with Crippen LogP contribution in [0.3, 0.4) is 0 Å². The number of benzene rings is 1. The summed E-state index contributed by atoms with van der Waals surface area (Å²) in [5, 5.41) is 10.1. The van der Waals surface area contributed by atoms with Crippen LogP contribution in [0, 0.1) is 17.3 Å². The van der Waals surface area contributed by atoms with E-state index in [0.717, 1.165) is 41.4 Å². The second-order valence-corrected chi connectivity index (χ2v) is 6.17. The van der Waals surface area contributed by atoms with E-state index < -0.39 is 11.9 Å². The average Bonchev–Trinajstić information content (AvgIpc) is 3.16. The average molecular weight is 334 g/mol. The first-order valence-electron chi connectivity index (χ1n) is 8.08. The third-order valence-corrected chi connectivity index (χ3v) is 4.75. The molecule has 124 valence electrons. The smallest absolute Gasteiger partial charge is 0.250 e. The number of nitrogens with zero attached hydrogens (tertiary/aromatic N) is 3. The van der Waals surface area contributed by atoms with Crippen molar-refractivity contribution in [2.24, 2.45) is 5.73 Å². The van der Waals surface area contributed by atoms with Crippen LogP contribution >= 0.6 is 0 Å². The molecule has 3 aromatic rings. The van der Waals surface area contributed by atoms with Crippen LogP contribution in [0.25, 0.3) is 10.9 Å². The molecular formula is C19H15FN4O. The third-order valence-electron chi connectivity index (χ3n) is 4.75. The zero-order chi connectivity index (χ0) is 17.6. The van der Waals surface area contributed by atoms with Crippen molar-refractivity contribution in [1.82, 2.24) is 9.55 Å². The van der Waals surface area contributed by atoms with Crippen molar-refractivity contribution in [2.45, 2.75) is 25.8 Å². The van der Waals surface area contributed by atoms with Crippen molar-refractivity contribution < 1.29 is 9.18 Å². The highest BCUT2D eigenvalue weighted by molar-refractivity contribution is 6.09. The summed E-state index contributed by atoms with van der Waals surface area (Å²) in [5.74, 6) is -1.12. The Kier molecular flexibility index (Phi) is 3.50. The Hall–Kier alpha value is -3.20. The lowest BCUT2D eigenvalue weighted by Crippen LogP contribution is -2.14. The molecule has 0 spiro atoms. The molecule has 0 aliphatic heterocycles. The lowest BCUT2D eigenvalue weighted by atomic mass is 9.99. The molecule has 1 aromatic carbocycles. The largest absolute Gasteiger partial charge is 0.366 e. The van der Waals surface area contributed by atoms with Crippen LogP contribution in [0.2, 0.25) is 0 Å². The zero-order valence-corrected chi connectivity index (χ0v) is 13.4. The van der Waals surface area contributed by atoms with Crippen LogP contribution in [0.4, 0.5) is 4.39 Å². The fourth-order valence-corrected chi connectivity index (χ4v) is 3.79. The summed E-state index contributed by atoms with van der Waals surface area (Å²) < 4.78 is 15.5. The number of nitriles is 1. The number of halogens is 1. The molecule has 2 N–H and O–H groups in total. The van der Waals surface area contributed by atoms with Gasteiger partial charge in [0, 0.05) is 16.6 Å². The van der Waals surface area contributed by atoms with Gasteiger partial charge in [0.2, 0.25) is 5.95 Å². The van der Waals surface area contributed by atoms with Crippen LogP contribution in [0.15, 0.2) is 30.3 Å². The molecule has 2 aromatic heterocycles. The molecule has 0 atom stereocenters. The van der Waals surface area contributed by atoms with Crippen LogP contribution in [0.5, 0.6) is 0 Å². The highest BCUT2D eigenvalue weighted by atomic mass is 19.1. The fraction of sp³-hybridized carbons (Fsp3) is 0.211. The molecule has 6 heteroatoms. The topological polar surface area (TPSA) is 84.7 Å². The van der Waals surface area contributed by atoms with Crippen molar-refractivity contribution in [3.63, 3.8) is 0 Å². The maximum Gasteiger partial charge on any atom is 0.250 e. The molecule has 2 heterocycles. The number of nitrogens with two attached hydrogens (primary N) is 1. The van der Waals surface area contributed by atoms with Gasteiger partial charge in [0.15, 0.2) is 0 Å². The van der Waals surface area contributed by atoms with E-state index in [-0.39, 0.29) is 11.1 Å². The predicted octanol–water partition coefficient (Wildman–Crippen LogP) is 2.68. The first-order chi connectivity index (χ1) is 12.1. The molecule has 1 amide bonds. The lowest BCUT2D eigenvalue weighted by molar-refractivity contribution is 0.100. The third kappa shape index (κ3) is 2.36. The van der Waals surface area contributed by atoms with Gasteiger partial charge in [-0.1, -0.05) is 6.07 Å². The number of rotatable bonds is 3. The number of fused-ring (bicyclic) bond motifs is 3. The summed E-state index contributed by atoms with van der Waals surface area (Å²) in [6, 6.07) is 10.2. The zero-order valence-electron chi connectivity index (χ0n) is 13.4. The predicted molar refractivity (Wildman–Crippen MR) is 90.5 cm³/mol. The molecular weight excluding hydrogens is 319 g/mol. The quantitative estimate of drug-likeness (QED) is 0.747. The van der Waals surface area contributed by atoms with Crippen LogP contribution < -0.4 is 5.73 Å². The Morgan fingerprint density at radius 3 is 2.88 bits per heavy atom. The lowest BCUT2D eigenvalue weighted by Gasteiger charge is -2.10. The Labute approximate surface area is 143 Å². The Morgan fingerprint density at radius 2 is 2.16 bits per heavy atom. The molecule has 0 fully saturated rings. The number of aryl methyl sites for hydroxylation is 1. The maximum absolute atomic E-state index is 13.4. The van der Waals surface area contributed by atoms with Crippen molar-refractivity contribution in [1.29, 1.82) is 5.26 Å². The summed E-state index contributed by atoms with van der Waals surface area (Å²) in [5.41, 5.74) is 9.76. The monoisotopic (exact) mass is 334 g/mol. The van der Waals surface area contributed by atoms with Gasteiger partial charge in [-0.3, -0.25) is 4.79 Å². The Morgan fingerprint density at radius 1 is 1.32 bits per heavy atom. The Bertz CT molecular complexity index is 1060. The molecule has 5 nitrogen and oxygen atoms in total.